The summed E-state index contributed by atoms with van der Waals surface area (Å²) >= 11 is 0. The van der Waals surface area contributed by atoms with Gasteiger partial charge in [-0.25, -0.2) is 0 Å². The van der Waals surface area contributed by atoms with E-state index in [1.54, 1.807) is 0 Å². The average molecular weight is 146 g/mol. The summed E-state index contributed by atoms with van der Waals surface area (Å²) in [7, 11) is 2.20. The molecule has 2 heteroatoms. The maximum atomic E-state index is 10.4. The Labute approximate surface area is 59.4 Å². The molecule has 0 aliphatic rings. The van der Waals surface area contributed by atoms with E-state index in [1.165, 1.54) is 19.3 Å². The SMILES string of the molecule is CCCCCCC(=O)P. The van der Waals surface area contributed by atoms with Crippen LogP contribution in [0.3, 0.4) is 0 Å². The summed E-state index contributed by atoms with van der Waals surface area (Å²) in [5.74, 6) is 0. The highest BCUT2D eigenvalue weighted by Gasteiger charge is 1.91. The molecular formula is C7H15OP. The number of carbonyl (C=O) groups excluding carboxylic acids is 1. The standard InChI is InChI=1S/C7H15OP/c1-2-3-4-5-6-7(8)9/h2-6,9H2,1H3. The van der Waals surface area contributed by atoms with Crippen molar-refractivity contribution in [2.75, 3.05) is 0 Å². The van der Waals surface area contributed by atoms with Gasteiger partial charge in [0.25, 0.3) is 0 Å². The summed E-state index contributed by atoms with van der Waals surface area (Å²) in [6, 6.07) is 0. The van der Waals surface area contributed by atoms with Crippen molar-refractivity contribution >= 4 is 14.8 Å². The number of rotatable bonds is 5. The van der Waals surface area contributed by atoms with E-state index in [2.05, 4.69) is 16.2 Å². The molecule has 1 nitrogen and oxygen atoms in total. The van der Waals surface area contributed by atoms with Gasteiger partial charge in [0.2, 0.25) is 0 Å². The van der Waals surface area contributed by atoms with Crippen LogP contribution in [0, 0.1) is 0 Å². The van der Waals surface area contributed by atoms with Crippen molar-refractivity contribution in [2.45, 2.75) is 39.0 Å². The molecule has 0 aromatic carbocycles. The minimum Gasteiger partial charge on any atom is -0.295 e. The smallest absolute Gasteiger partial charge is 0.148 e. The van der Waals surface area contributed by atoms with E-state index >= 15 is 0 Å². The molecule has 0 heterocycles. The van der Waals surface area contributed by atoms with Gasteiger partial charge >= 0.3 is 0 Å². The molecule has 1 unspecified atom stereocenters. The van der Waals surface area contributed by atoms with Crippen LogP contribution in [0.1, 0.15) is 39.0 Å². The summed E-state index contributed by atoms with van der Waals surface area (Å²) in [5, 5.41) is 0. The van der Waals surface area contributed by atoms with Gasteiger partial charge in [0.1, 0.15) is 5.52 Å². The van der Waals surface area contributed by atoms with Gasteiger partial charge in [-0.1, -0.05) is 35.4 Å². The van der Waals surface area contributed by atoms with Gasteiger partial charge in [0.15, 0.2) is 0 Å². The normalized spacial score (nSPS) is 9.56. The van der Waals surface area contributed by atoms with Crippen molar-refractivity contribution in [3.63, 3.8) is 0 Å². The van der Waals surface area contributed by atoms with Gasteiger partial charge in [0, 0.05) is 6.42 Å². The topological polar surface area (TPSA) is 17.1 Å². The van der Waals surface area contributed by atoms with Crippen molar-refractivity contribution in [2.24, 2.45) is 0 Å². The zero-order valence-electron chi connectivity index (χ0n) is 6.02. The van der Waals surface area contributed by atoms with Crippen LogP contribution < -0.4 is 0 Å². The van der Waals surface area contributed by atoms with E-state index in [9.17, 15) is 4.79 Å². The van der Waals surface area contributed by atoms with Gasteiger partial charge in [-0.05, 0) is 6.42 Å². The molecule has 0 N–H and O–H groups in total. The molecule has 1 atom stereocenters. The summed E-state index contributed by atoms with van der Waals surface area (Å²) in [6.45, 7) is 2.17. The number of hydrogen-bond acceptors (Lipinski definition) is 1. The summed E-state index contributed by atoms with van der Waals surface area (Å²) < 4.78 is 0. The van der Waals surface area contributed by atoms with Crippen LogP contribution in [0.5, 0.6) is 0 Å². The molecule has 0 aliphatic heterocycles. The van der Waals surface area contributed by atoms with Crippen molar-refractivity contribution in [3.05, 3.63) is 0 Å². The Morgan fingerprint density at radius 1 is 1.33 bits per heavy atom. The molecule has 0 spiro atoms. The Hall–Kier alpha value is 0.100. The first-order chi connectivity index (χ1) is 4.27. The largest absolute Gasteiger partial charge is 0.295 e. The second-order valence-electron chi connectivity index (χ2n) is 2.28. The van der Waals surface area contributed by atoms with Gasteiger partial charge < -0.3 is 0 Å². The van der Waals surface area contributed by atoms with Crippen LogP contribution in [0.25, 0.3) is 0 Å². The number of carbonyl (C=O) groups is 1. The Morgan fingerprint density at radius 2 is 2.00 bits per heavy atom. The highest BCUT2D eigenvalue weighted by Crippen LogP contribution is 2.04. The van der Waals surface area contributed by atoms with E-state index in [0.29, 0.717) is 0 Å². The van der Waals surface area contributed by atoms with Gasteiger partial charge in [-0.15, -0.1) is 0 Å². The van der Waals surface area contributed by atoms with Crippen LogP contribution in [0.15, 0.2) is 0 Å². The number of hydrogen-bond donors (Lipinski definition) is 0. The molecule has 0 rings (SSSR count). The maximum absolute atomic E-state index is 10.4. The van der Waals surface area contributed by atoms with E-state index < -0.39 is 0 Å². The zero-order valence-corrected chi connectivity index (χ0v) is 7.18. The summed E-state index contributed by atoms with van der Waals surface area (Å²) in [5.41, 5.74) is 0.242. The molecule has 54 valence electrons. The fourth-order valence-corrected chi connectivity index (χ4v) is 0.930. The third-order valence-electron chi connectivity index (χ3n) is 1.28. The minimum absolute atomic E-state index is 0.242. The Balaban J connectivity index is 2.83. The highest BCUT2D eigenvalue weighted by molar-refractivity contribution is 7.40. The highest BCUT2D eigenvalue weighted by atomic mass is 31.0. The van der Waals surface area contributed by atoms with Gasteiger partial charge in [-0.2, -0.15) is 0 Å². The second-order valence-corrected chi connectivity index (χ2v) is 2.92. The molecule has 9 heavy (non-hydrogen) atoms. The van der Waals surface area contributed by atoms with E-state index in [-0.39, 0.29) is 5.52 Å². The molecule has 0 amide bonds. The Bertz CT molecular complexity index is 81.0. The molecule has 0 radical (unpaired) electrons. The lowest BCUT2D eigenvalue weighted by atomic mass is 10.2. The monoisotopic (exact) mass is 146 g/mol. The van der Waals surface area contributed by atoms with Crippen LogP contribution >= 0.6 is 9.24 Å². The summed E-state index contributed by atoms with van der Waals surface area (Å²) in [6.07, 6.45) is 5.51. The fraction of sp³-hybridized carbons (Fsp3) is 0.857. The van der Waals surface area contributed by atoms with E-state index in [0.717, 1.165) is 12.8 Å². The first-order valence-corrected chi connectivity index (χ1v) is 4.13. The quantitative estimate of drug-likeness (QED) is 0.430. The van der Waals surface area contributed by atoms with E-state index in [4.69, 9.17) is 0 Å². The van der Waals surface area contributed by atoms with Crippen molar-refractivity contribution < 1.29 is 4.79 Å². The van der Waals surface area contributed by atoms with Gasteiger partial charge in [0.05, 0.1) is 0 Å². The fourth-order valence-electron chi connectivity index (χ4n) is 0.726. The van der Waals surface area contributed by atoms with Crippen molar-refractivity contribution in [1.29, 1.82) is 0 Å². The minimum atomic E-state index is 0.242. The molecule has 0 saturated carbocycles. The molecular weight excluding hydrogens is 131 g/mol. The number of unbranched alkanes of at least 4 members (excludes halogenated alkanes) is 3. The Kier molecular flexibility index (Phi) is 6.29. The molecule has 0 fully saturated rings. The first kappa shape index (κ1) is 9.10. The Morgan fingerprint density at radius 3 is 2.44 bits per heavy atom. The predicted molar refractivity (Wildman–Crippen MR) is 43.5 cm³/mol. The van der Waals surface area contributed by atoms with Gasteiger partial charge in [-0.3, -0.25) is 4.79 Å². The van der Waals surface area contributed by atoms with Crippen molar-refractivity contribution in [3.8, 4) is 0 Å². The molecule has 0 aromatic heterocycles. The van der Waals surface area contributed by atoms with E-state index in [1.807, 2.05) is 0 Å². The molecule has 0 bridgehead atoms. The lowest BCUT2D eigenvalue weighted by Gasteiger charge is -1.93. The third-order valence-corrected chi connectivity index (χ3v) is 1.57. The lowest BCUT2D eigenvalue weighted by molar-refractivity contribution is -0.111. The molecule has 0 aliphatic carbocycles. The maximum Gasteiger partial charge on any atom is 0.148 e. The lowest BCUT2D eigenvalue weighted by Crippen LogP contribution is -1.84. The zero-order chi connectivity index (χ0) is 7.11. The molecule has 0 aromatic rings. The average Bonchev–Trinajstić information content (AvgIpc) is 1.80. The van der Waals surface area contributed by atoms with Crippen LogP contribution in [-0.2, 0) is 4.79 Å². The third kappa shape index (κ3) is 8.10. The summed E-state index contributed by atoms with van der Waals surface area (Å²) in [4.78, 5) is 10.4. The van der Waals surface area contributed by atoms with Crippen LogP contribution in [-0.4, -0.2) is 5.52 Å². The first-order valence-electron chi connectivity index (χ1n) is 3.55. The van der Waals surface area contributed by atoms with Crippen molar-refractivity contribution in [1.82, 2.24) is 0 Å². The molecule has 0 saturated heterocycles. The van der Waals surface area contributed by atoms with Crippen LogP contribution in [0.4, 0.5) is 0 Å². The van der Waals surface area contributed by atoms with Crippen LogP contribution in [0.2, 0.25) is 0 Å². The second kappa shape index (κ2) is 6.22. The predicted octanol–water partition coefficient (Wildman–Crippen LogP) is 2.36.